The molecule has 4 heteroatoms. The second kappa shape index (κ2) is 4.58. The molecule has 0 radical (unpaired) electrons. The summed E-state index contributed by atoms with van der Waals surface area (Å²) in [5, 5.41) is 8.97. The molecule has 1 unspecified atom stereocenters. The van der Waals surface area contributed by atoms with E-state index < -0.39 is 0 Å². The Morgan fingerprint density at radius 3 is 2.83 bits per heavy atom. The van der Waals surface area contributed by atoms with Gasteiger partial charge >= 0.3 is 0 Å². The molecule has 0 fully saturated rings. The van der Waals surface area contributed by atoms with Gasteiger partial charge < -0.3 is 0 Å². The lowest BCUT2D eigenvalue weighted by molar-refractivity contribution is 0.790. The predicted molar refractivity (Wildman–Crippen MR) is 78.9 cm³/mol. The van der Waals surface area contributed by atoms with Crippen molar-refractivity contribution in [3.8, 4) is 17.5 Å². The minimum Gasteiger partial charge on any atom is -0.264 e. The Bertz CT molecular complexity index is 650. The molecule has 2 aromatic rings. The number of halogens is 1. The van der Waals surface area contributed by atoms with Gasteiger partial charge in [0.15, 0.2) is 0 Å². The smallest absolute Gasteiger partial charge is 0.149 e. The number of imidazole rings is 1. The third-order valence-electron chi connectivity index (χ3n) is 3.03. The molecule has 0 N–H and O–H groups in total. The molecule has 88 valence electrons. The molecule has 0 bridgehead atoms. The Morgan fingerprint density at radius 1 is 1.33 bits per heavy atom. The molecule has 0 saturated heterocycles. The van der Waals surface area contributed by atoms with Crippen LogP contribution in [0.5, 0.6) is 0 Å². The van der Waals surface area contributed by atoms with Gasteiger partial charge in [-0.25, -0.2) is 4.98 Å². The van der Waals surface area contributed by atoms with Crippen molar-refractivity contribution in [3.63, 3.8) is 0 Å². The third kappa shape index (κ3) is 1.85. The summed E-state index contributed by atoms with van der Waals surface area (Å²) in [5.74, 6) is 0.900. The highest BCUT2D eigenvalue weighted by molar-refractivity contribution is 14.1. The fourth-order valence-corrected chi connectivity index (χ4v) is 2.93. The van der Waals surface area contributed by atoms with Crippen LogP contribution in [-0.4, -0.2) is 7.76 Å². The zero-order valence-corrected chi connectivity index (χ0v) is 11.7. The van der Waals surface area contributed by atoms with E-state index in [1.165, 1.54) is 0 Å². The molecule has 1 aromatic heterocycles. The maximum Gasteiger partial charge on any atom is 0.149 e. The average Bonchev–Trinajstić information content (AvgIpc) is 2.76. The van der Waals surface area contributed by atoms with Crippen molar-refractivity contribution in [1.29, 1.82) is 5.26 Å². The summed E-state index contributed by atoms with van der Waals surface area (Å²) in [6, 6.07) is 12.4. The summed E-state index contributed by atoms with van der Waals surface area (Å²) in [4.78, 5) is 4.67. The minimum atomic E-state index is -0.0487. The number of nitriles is 1. The molecule has 1 heterocycles. The van der Waals surface area contributed by atoms with Crippen molar-refractivity contribution < 1.29 is 0 Å². The largest absolute Gasteiger partial charge is 0.264 e. The van der Waals surface area contributed by atoms with E-state index in [0.29, 0.717) is 6.42 Å². The molecule has 0 aliphatic heterocycles. The van der Waals surface area contributed by atoms with Gasteiger partial charge in [0.2, 0.25) is 0 Å². The molecule has 0 spiro atoms. The number of allylic oxidation sites excluding steroid dienone is 1. The summed E-state index contributed by atoms with van der Waals surface area (Å²) in [6.45, 7) is 0. The fraction of sp³-hybridized carbons (Fsp3) is 0.143. The van der Waals surface area contributed by atoms with Gasteiger partial charge in [0.25, 0.3) is 0 Å². The Hall–Kier alpha value is -1.61. The zero-order chi connectivity index (χ0) is 12.5. The fourth-order valence-electron chi connectivity index (χ4n) is 2.11. The minimum absolute atomic E-state index is 0.0487. The van der Waals surface area contributed by atoms with Crippen LogP contribution in [0.2, 0.25) is 0 Å². The molecule has 18 heavy (non-hydrogen) atoms. The zero-order valence-electron chi connectivity index (χ0n) is 9.55. The lowest BCUT2D eigenvalue weighted by atomic mass is 9.98. The van der Waals surface area contributed by atoms with E-state index in [1.807, 2.05) is 30.4 Å². The van der Waals surface area contributed by atoms with Gasteiger partial charge in [0.05, 0.1) is 46.2 Å². The average molecular weight is 347 g/mol. The van der Waals surface area contributed by atoms with Crippen molar-refractivity contribution in [3.05, 3.63) is 47.8 Å². The number of aromatic nitrogens is 2. The number of fused-ring (bicyclic) bond motifs is 1. The predicted octanol–water partition coefficient (Wildman–Crippen LogP) is 3.46. The molecule has 1 aromatic carbocycles. The molecular weight excluding hydrogens is 337 g/mol. The van der Waals surface area contributed by atoms with Gasteiger partial charge in [-0.2, -0.15) is 5.26 Å². The summed E-state index contributed by atoms with van der Waals surface area (Å²) >= 11 is 2.26. The van der Waals surface area contributed by atoms with Crippen molar-refractivity contribution in [2.45, 2.75) is 6.42 Å². The van der Waals surface area contributed by atoms with Crippen LogP contribution in [0, 0.1) is 17.2 Å². The molecular formula is C14H10IN3. The SMILES string of the molecule is N#CC1C=Cc2c(nc(-c3ccccc3)n2I)C1. The monoisotopic (exact) mass is 347 g/mol. The second-order valence-electron chi connectivity index (χ2n) is 4.21. The first kappa shape index (κ1) is 11.5. The standard InChI is InChI=1S/C14H10IN3/c15-18-13-7-6-10(9-16)8-12(13)17-14(18)11-4-2-1-3-5-11/h1-7,10H,8H2. The molecule has 3 nitrogen and oxygen atoms in total. The third-order valence-corrected chi connectivity index (χ3v) is 4.01. The molecule has 3 rings (SSSR count). The lowest BCUT2D eigenvalue weighted by Crippen LogP contribution is -2.04. The van der Waals surface area contributed by atoms with Crippen LogP contribution in [0.4, 0.5) is 0 Å². The quantitative estimate of drug-likeness (QED) is 0.742. The molecule has 0 amide bonds. The van der Waals surface area contributed by atoms with Crippen LogP contribution in [0.3, 0.4) is 0 Å². The van der Waals surface area contributed by atoms with Crippen molar-refractivity contribution in [2.24, 2.45) is 5.92 Å². The van der Waals surface area contributed by atoms with Gasteiger partial charge in [0, 0.05) is 12.0 Å². The van der Waals surface area contributed by atoms with Gasteiger partial charge in [-0.05, 0) is 6.08 Å². The molecule has 1 atom stereocenters. The second-order valence-corrected chi connectivity index (χ2v) is 5.18. The summed E-state index contributed by atoms with van der Waals surface area (Å²) in [6.07, 6.45) is 4.66. The highest BCUT2D eigenvalue weighted by Gasteiger charge is 2.21. The van der Waals surface area contributed by atoms with Gasteiger partial charge in [-0.15, -0.1) is 0 Å². The van der Waals surface area contributed by atoms with E-state index in [1.54, 1.807) is 0 Å². The Kier molecular flexibility index (Phi) is 2.92. The molecule has 1 aliphatic rings. The summed E-state index contributed by atoms with van der Waals surface area (Å²) in [7, 11) is 0. The number of hydrogen-bond donors (Lipinski definition) is 0. The summed E-state index contributed by atoms with van der Waals surface area (Å²) in [5.41, 5.74) is 3.21. The highest BCUT2D eigenvalue weighted by Crippen LogP contribution is 2.30. The van der Waals surface area contributed by atoms with Crippen LogP contribution in [-0.2, 0) is 6.42 Å². The maximum atomic E-state index is 8.97. The topological polar surface area (TPSA) is 41.6 Å². The van der Waals surface area contributed by atoms with Gasteiger partial charge in [-0.3, -0.25) is 2.78 Å². The van der Waals surface area contributed by atoms with E-state index in [0.717, 1.165) is 22.8 Å². The molecule has 0 saturated carbocycles. The van der Waals surface area contributed by atoms with Crippen LogP contribution in [0.25, 0.3) is 17.5 Å². The first-order chi connectivity index (χ1) is 8.79. The maximum absolute atomic E-state index is 8.97. The van der Waals surface area contributed by atoms with Crippen LogP contribution in [0.1, 0.15) is 11.4 Å². The number of rotatable bonds is 1. The first-order valence-electron chi connectivity index (χ1n) is 5.70. The molecule has 1 aliphatic carbocycles. The normalized spacial score (nSPS) is 17.2. The van der Waals surface area contributed by atoms with Crippen LogP contribution < -0.4 is 0 Å². The lowest BCUT2D eigenvalue weighted by Gasteiger charge is -2.08. The van der Waals surface area contributed by atoms with E-state index in [2.05, 4.69) is 48.8 Å². The number of hydrogen-bond acceptors (Lipinski definition) is 2. The number of benzene rings is 1. The van der Waals surface area contributed by atoms with E-state index >= 15 is 0 Å². The van der Waals surface area contributed by atoms with Crippen molar-refractivity contribution >= 4 is 28.9 Å². The van der Waals surface area contributed by atoms with E-state index in [9.17, 15) is 0 Å². The van der Waals surface area contributed by atoms with E-state index in [4.69, 9.17) is 5.26 Å². The van der Waals surface area contributed by atoms with E-state index in [-0.39, 0.29) is 5.92 Å². The number of nitrogens with zero attached hydrogens (tertiary/aromatic N) is 3. The Morgan fingerprint density at radius 2 is 2.11 bits per heavy atom. The Labute approximate surface area is 119 Å². The summed E-state index contributed by atoms with van der Waals surface area (Å²) < 4.78 is 2.06. The van der Waals surface area contributed by atoms with Crippen LogP contribution >= 0.6 is 22.9 Å². The van der Waals surface area contributed by atoms with Gasteiger partial charge in [-0.1, -0.05) is 36.4 Å². The van der Waals surface area contributed by atoms with Crippen LogP contribution in [0.15, 0.2) is 36.4 Å². The van der Waals surface area contributed by atoms with Crippen molar-refractivity contribution in [2.75, 3.05) is 0 Å². The van der Waals surface area contributed by atoms with Gasteiger partial charge in [0.1, 0.15) is 5.82 Å². The first-order valence-corrected chi connectivity index (χ1v) is 6.67. The van der Waals surface area contributed by atoms with Crippen molar-refractivity contribution in [1.82, 2.24) is 7.76 Å². The highest BCUT2D eigenvalue weighted by atomic mass is 127. The Balaban J connectivity index is 2.09.